The molecule has 3 heterocycles. The minimum atomic E-state index is -1.36. The standard InChI is InChI=1S/C33H25ClN4O5S/c34-22-12-10-21(11-13-22)30(20-6-2-1-3-7-20)36-16-14-35(15-17-36)26-19-25-23(18-27(26)38(42)43)31(39)29(33(40)41)32-37(25)24-8-4-5-9-28(24)44-32/h1-13,18-19,30H,14-17H2,(H,40,41). The van der Waals surface area contributed by atoms with Crippen LogP contribution < -0.4 is 10.3 Å². The van der Waals surface area contributed by atoms with E-state index in [2.05, 4.69) is 17.0 Å². The van der Waals surface area contributed by atoms with Crippen molar-refractivity contribution in [3.05, 3.63) is 133 Å². The summed E-state index contributed by atoms with van der Waals surface area (Å²) in [6.45, 7) is 2.29. The minimum absolute atomic E-state index is 0.00409. The van der Waals surface area contributed by atoms with Crippen molar-refractivity contribution >= 4 is 66.2 Å². The molecule has 7 rings (SSSR count). The Bertz CT molecular complexity index is 2140. The van der Waals surface area contributed by atoms with Gasteiger partial charge >= 0.3 is 5.97 Å². The summed E-state index contributed by atoms with van der Waals surface area (Å²) < 4.78 is 2.56. The molecule has 0 spiro atoms. The van der Waals surface area contributed by atoms with Gasteiger partial charge < -0.3 is 10.0 Å². The van der Waals surface area contributed by atoms with Gasteiger partial charge in [-0.1, -0.05) is 66.2 Å². The third-order valence-electron chi connectivity index (χ3n) is 8.27. The van der Waals surface area contributed by atoms with E-state index in [1.54, 1.807) is 10.5 Å². The number of halogens is 1. The normalized spacial score (nSPS) is 14.8. The Hall–Kier alpha value is -4.77. The van der Waals surface area contributed by atoms with Crippen LogP contribution in [0.4, 0.5) is 11.4 Å². The van der Waals surface area contributed by atoms with Gasteiger partial charge in [0.2, 0.25) is 5.43 Å². The van der Waals surface area contributed by atoms with Gasteiger partial charge in [0.05, 0.1) is 32.1 Å². The molecule has 11 heteroatoms. The van der Waals surface area contributed by atoms with Gasteiger partial charge in [-0.25, -0.2) is 4.79 Å². The van der Waals surface area contributed by atoms with Crippen LogP contribution in [0.25, 0.3) is 25.9 Å². The maximum absolute atomic E-state index is 13.5. The molecule has 1 N–H and O–H groups in total. The number of pyridine rings is 1. The number of piperazine rings is 1. The van der Waals surface area contributed by atoms with Gasteiger partial charge in [0.1, 0.15) is 16.1 Å². The van der Waals surface area contributed by atoms with E-state index in [4.69, 9.17) is 11.6 Å². The van der Waals surface area contributed by atoms with Crippen LogP contribution in [0.3, 0.4) is 0 Å². The summed E-state index contributed by atoms with van der Waals surface area (Å²) in [5.41, 5.74) is 2.48. The van der Waals surface area contributed by atoms with E-state index in [0.717, 1.165) is 21.3 Å². The number of thiazole rings is 1. The Morgan fingerprint density at radius 3 is 2.23 bits per heavy atom. The largest absolute Gasteiger partial charge is 0.477 e. The van der Waals surface area contributed by atoms with Gasteiger partial charge in [-0.2, -0.15) is 0 Å². The number of anilines is 1. The summed E-state index contributed by atoms with van der Waals surface area (Å²) in [6, 6.07) is 28.3. The number of aromatic nitrogens is 1. The smallest absolute Gasteiger partial charge is 0.342 e. The highest BCUT2D eigenvalue weighted by atomic mass is 35.5. The van der Waals surface area contributed by atoms with Crippen molar-refractivity contribution in [1.82, 2.24) is 9.30 Å². The highest BCUT2D eigenvalue weighted by Gasteiger charge is 2.31. The zero-order valence-electron chi connectivity index (χ0n) is 23.2. The number of carboxylic acids is 1. The predicted octanol–water partition coefficient (Wildman–Crippen LogP) is 6.84. The number of hydrogen-bond acceptors (Lipinski definition) is 7. The topological polar surface area (TPSA) is 108 Å². The number of nitro groups is 1. The van der Waals surface area contributed by atoms with Crippen molar-refractivity contribution in [3.8, 4) is 0 Å². The maximum atomic E-state index is 13.5. The number of carbonyl (C=O) groups is 1. The molecule has 4 aromatic carbocycles. The Labute approximate surface area is 259 Å². The average Bonchev–Trinajstić information content (AvgIpc) is 3.41. The van der Waals surface area contributed by atoms with Crippen LogP contribution in [0.5, 0.6) is 0 Å². The number of para-hydroxylation sites is 1. The van der Waals surface area contributed by atoms with Gasteiger partial charge in [0, 0.05) is 37.3 Å². The molecule has 0 radical (unpaired) electrons. The molecule has 9 nitrogen and oxygen atoms in total. The molecule has 1 saturated heterocycles. The third-order valence-corrected chi connectivity index (χ3v) is 9.66. The molecule has 0 aliphatic carbocycles. The van der Waals surface area contributed by atoms with E-state index in [-0.39, 0.29) is 22.7 Å². The SMILES string of the molecule is O=C(O)c1c(=O)c2cc([N+](=O)[O-])c(N3CCN(C(c4ccccc4)c4ccc(Cl)cc4)CC3)cc2n2c1sc1ccccc12. The number of rotatable bonds is 6. The van der Waals surface area contributed by atoms with Crippen molar-refractivity contribution in [2.75, 3.05) is 31.1 Å². The van der Waals surface area contributed by atoms with Crippen LogP contribution in [-0.4, -0.2) is 51.5 Å². The number of nitrogens with zero attached hydrogens (tertiary/aromatic N) is 4. The molecular formula is C33H25ClN4O5S. The molecule has 220 valence electrons. The number of nitro benzene ring substituents is 1. The lowest BCUT2D eigenvalue weighted by Crippen LogP contribution is -2.48. The molecule has 1 aliphatic heterocycles. The molecule has 1 fully saturated rings. The lowest BCUT2D eigenvalue weighted by Gasteiger charge is -2.40. The fourth-order valence-electron chi connectivity index (χ4n) is 6.26. The second-order valence-electron chi connectivity index (χ2n) is 10.7. The van der Waals surface area contributed by atoms with E-state index in [0.29, 0.717) is 47.2 Å². The number of hydrogen-bond donors (Lipinski definition) is 1. The van der Waals surface area contributed by atoms with Gasteiger partial charge in [0.25, 0.3) is 5.69 Å². The maximum Gasteiger partial charge on any atom is 0.342 e. The van der Waals surface area contributed by atoms with E-state index < -0.39 is 16.3 Å². The van der Waals surface area contributed by atoms with Gasteiger partial charge in [0.15, 0.2) is 0 Å². The number of fused-ring (bicyclic) bond motifs is 5. The van der Waals surface area contributed by atoms with E-state index in [1.807, 2.05) is 71.6 Å². The first kappa shape index (κ1) is 28.0. The predicted molar refractivity (Wildman–Crippen MR) is 174 cm³/mol. The molecule has 2 aromatic heterocycles. The zero-order valence-corrected chi connectivity index (χ0v) is 24.8. The molecule has 0 bridgehead atoms. The Morgan fingerprint density at radius 1 is 0.886 bits per heavy atom. The second kappa shape index (κ2) is 11.1. The third kappa shape index (κ3) is 4.68. The van der Waals surface area contributed by atoms with Crippen LogP contribution in [0.2, 0.25) is 5.02 Å². The first-order valence-corrected chi connectivity index (χ1v) is 15.2. The Kier molecular flexibility index (Phi) is 7.04. The zero-order chi connectivity index (χ0) is 30.5. The van der Waals surface area contributed by atoms with Crippen molar-refractivity contribution < 1.29 is 14.8 Å². The van der Waals surface area contributed by atoms with Gasteiger partial charge in [-0.05, 0) is 41.5 Å². The number of carboxylic acid groups (broad SMARTS) is 1. The lowest BCUT2D eigenvalue weighted by atomic mass is 9.96. The van der Waals surface area contributed by atoms with Gasteiger partial charge in [-0.3, -0.25) is 24.2 Å². The highest BCUT2D eigenvalue weighted by molar-refractivity contribution is 7.24. The summed E-state index contributed by atoms with van der Waals surface area (Å²) >= 11 is 7.40. The van der Waals surface area contributed by atoms with Crippen molar-refractivity contribution in [1.29, 1.82) is 0 Å². The fraction of sp³-hybridized carbons (Fsp3) is 0.152. The van der Waals surface area contributed by atoms with Crippen molar-refractivity contribution in [3.63, 3.8) is 0 Å². The molecule has 1 unspecified atom stereocenters. The number of aromatic carboxylic acids is 1. The van der Waals surface area contributed by atoms with Crippen LogP contribution in [0.1, 0.15) is 27.5 Å². The molecule has 44 heavy (non-hydrogen) atoms. The molecule has 6 aromatic rings. The van der Waals surface area contributed by atoms with Crippen LogP contribution >= 0.6 is 22.9 Å². The second-order valence-corrected chi connectivity index (χ2v) is 12.2. The minimum Gasteiger partial charge on any atom is -0.477 e. The summed E-state index contributed by atoms with van der Waals surface area (Å²) in [5.74, 6) is -1.36. The van der Waals surface area contributed by atoms with Crippen molar-refractivity contribution in [2.45, 2.75) is 6.04 Å². The summed E-state index contributed by atoms with van der Waals surface area (Å²) in [5, 5.41) is 23.0. The van der Waals surface area contributed by atoms with E-state index in [9.17, 15) is 24.8 Å². The molecule has 1 aliphatic rings. The summed E-state index contributed by atoms with van der Waals surface area (Å²) in [7, 11) is 0. The lowest BCUT2D eigenvalue weighted by molar-refractivity contribution is -0.384. The molecule has 0 amide bonds. The fourth-order valence-corrected chi connectivity index (χ4v) is 7.57. The average molecular weight is 625 g/mol. The van der Waals surface area contributed by atoms with Crippen LogP contribution in [0.15, 0.2) is 95.8 Å². The van der Waals surface area contributed by atoms with E-state index >= 15 is 0 Å². The van der Waals surface area contributed by atoms with Crippen LogP contribution in [-0.2, 0) is 0 Å². The molecule has 1 atom stereocenters. The monoisotopic (exact) mass is 624 g/mol. The van der Waals surface area contributed by atoms with Gasteiger partial charge in [-0.15, -0.1) is 11.3 Å². The summed E-state index contributed by atoms with van der Waals surface area (Å²) in [4.78, 5) is 42.2. The van der Waals surface area contributed by atoms with E-state index in [1.165, 1.54) is 17.4 Å². The number of benzene rings is 4. The Balaban J connectivity index is 1.32. The Morgan fingerprint density at radius 2 is 1.55 bits per heavy atom. The molecule has 0 saturated carbocycles. The molecular weight excluding hydrogens is 600 g/mol. The quantitative estimate of drug-likeness (QED) is 0.160. The van der Waals surface area contributed by atoms with Crippen molar-refractivity contribution in [2.24, 2.45) is 0 Å². The summed E-state index contributed by atoms with van der Waals surface area (Å²) in [6.07, 6.45) is 0. The first-order chi connectivity index (χ1) is 21.3. The first-order valence-electron chi connectivity index (χ1n) is 14.0. The highest BCUT2D eigenvalue weighted by Crippen LogP contribution is 2.38. The van der Waals surface area contributed by atoms with Crippen LogP contribution in [0, 0.1) is 10.1 Å².